The lowest BCUT2D eigenvalue weighted by molar-refractivity contribution is 0.0796. The fourth-order valence-corrected chi connectivity index (χ4v) is 7.11. The van der Waals surface area contributed by atoms with Gasteiger partial charge in [-0.2, -0.15) is 4.31 Å². The first kappa shape index (κ1) is 22.4. The zero-order chi connectivity index (χ0) is 22.3. The van der Waals surface area contributed by atoms with Gasteiger partial charge in [0.1, 0.15) is 14.8 Å². The number of carbonyl (C=O) groups is 1. The molecule has 0 saturated carbocycles. The number of piperazine rings is 1. The van der Waals surface area contributed by atoms with Crippen molar-refractivity contribution in [3.63, 3.8) is 0 Å². The van der Waals surface area contributed by atoms with Gasteiger partial charge in [0, 0.05) is 52.0 Å². The molecule has 4 rings (SSSR count). The summed E-state index contributed by atoms with van der Waals surface area (Å²) in [6.07, 6.45) is 2.09. The first-order valence-electron chi connectivity index (χ1n) is 10.9. The van der Waals surface area contributed by atoms with E-state index < -0.39 is 10.0 Å². The topological polar surface area (TPSA) is 78.8 Å². The predicted octanol–water partition coefficient (Wildman–Crippen LogP) is 2.33. The summed E-state index contributed by atoms with van der Waals surface area (Å²) in [4.78, 5) is 22.6. The standard InChI is InChI=1S/C21H31N5O3S2/c1-5-24-10-12-26(13-11-24)31(28,29)18-14-17(23(4)16(18)3)20-22-15(2)19(30-20)21(27)25-8-6-7-9-25/h14H,5-13H2,1-4H3. The fraction of sp³-hybridized carbons (Fsp3) is 0.619. The van der Waals surface area contributed by atoms with Crippen LogP contribution in [0.2, 0.25) is 0 Å². The smallest absolute Gasteiger partial charge is 0.265 e. The molecule has 0 bridgehead atoms. The zero-order valence-corrected chi connectivity index (χ0v) is 20.4. The number of carbonyl (C=O) groups excluding carboxylic acids is 1. The molecule has 2 aliphatic heterocycles. The van der Waals surface area contributed by atoms with E-state index >= 15 is 0 Å². The summed E-state index contributed by atoms with van der Waals surface area (Å²) in [6, 6.07) is 1.72. The van der Waals surface area contributed by atoms with E-state index in [0.717, 1.165) is 51.3 Å². The van der Waals surface area contributed by atoms with Crippen molar-refractivity contribution in [2.24, 2.45) is 7.05 Å². The van der Waals surface area contributed by atoms with Crippen molar-refractivity contribution >= 4 is 27.3 Å². The highest BCUT2D eigenvalue weighted by molar-refractivity contribution is 7.89. The molecule has 0 aliphatic carbocycles. The number of rotatable bonds is 5. The highest BCUT2D eigenvalue weighted by Gasteiger charge is 2.32. The Balaban J connectivity index is 1.64. The summed E-state index contributed by atoms with van der Waals surface area (Å²) in [7, 11) is -1.72. The first-order chi connectivity index (χ1) is 14.7. The minimum absolute atomic E-state index is 0.0336. The van der Waals surface area contributed by atoms with Crippen molar-refractivity contribution in [3.8, 4) is 10.7 Å². The van der Waals surface area contributed by atoms with Crippen molar-refractivity contribution < 1.29 is 13.2 Å². The number of likely N-dealkylation sites (N-methyl/N-ethyl adjacent to an activating group) is 1. The maximum Gasteiger partial charge on any atom is 0.265 e. The molecule has 0 spiro atoms. The van der Waals surface area contributed by atoms with Crippen LogP contribution in [0.25, 0.3) is 10.7 Å². The normalized spacial score (nSPS) is 18.8. The maximum atomic E-state index is 13.4. The lowest BCUT2D eigenvalue weighted by Gasteiger charge is -2.33. The van der Waals surface area contributed by atoms with Crippen molar-refractivity contribution in [1.29, 1.82) is 0 Å². The Kier molecular flexibility index (Phi) is 6.26. The Morgan fingerprint density at radius 3 is 2.35 bits per heavy atom. The van der Waals surface area contributed by atoms with Gasteiger partial charge in [-0.1, -0.05) is 6.92 Å². The molecule has 8 nitrogen and oxygen atoms in total. The molecule has 0 atom stereocenters. The highest BCUT2D eigenvalue weighted by atomic mass is 32.2. The van der Waals surface area contributed by atoms with Crippen molar-refractivity contribution in [1.82, 2.24) is 23.7 Å². The van der Waals surface area contributed by atoms with E-state index in [2.05, 4.69) is 16.8 Å². The summed E-state index contributed by atoms with van der Waals surface area (Å²) in [5.41, 5.74) is 2.13. The van der Waals surface area contributed by atoms with E-state index in [1.165, 1.54) is 11.3 Å². The molecule has 0 aromatic carbocycles. The average molecular weight is 466 g/mol. The van der Waals surface area contributed by atoms with Crippen molar-refractivity contribution in [2.45, 2.75) is 38.5 Å². The molecular formula is C21H31N5O3S2. The van der Waals surface area contributed by atoms with Gasteiger partial charge in [0.05, 0.1) is 11.4 Å². The molecule has 0 N–H and O–H groups in total. The first-order valence-corrected chi connectivity index (χ1v) is 13.2. The van der Waals surface area contributed by atoms with Gasteiger partial charge in [0.15, 0.2) is 0 Å². The van der Waals surface area contributed by atoms with Gasteiger partial charge in [-0.25, -0.2) is 13.4 Å². The van der Waals surface area contributed by atoms with Crippen LogP contribution < -0.4 is 0 Å². The molecule has 0 unspecified atom stereocenters. The second-order valence-corrected chi connectivity index (χ2v) is 11.2. The second kappa shape index (κ2) is 8.65. The van der Waals surface area contributed by atoms with Crippen molar-refractivity contribution in [2.75, 3.05) is 45.8 Å². The molecule has 2 fully saturated rings. The Morgan fingerprint density at radius 1 is 1.10 bits per heavy atom. The summed E-state index contributed by atoms with van der Waals surface area (Å²) >= 11 is 1.35. The quantitative estimate of drug-likeness (QED) is 0.677. The predicted molar refractivity (Wildman–Crippen MR) is 122 cm³/mol. The van der Waals surface area contributed by atoms with Crippen LogP contribution in [0.15, 0.2) is 11.0 Å². The number of aromatic nitrogens is 2. The zero-order valence-electron chi connectivity index (χ0n) is 18.7. The fourth-order valence-electron chi connectivity index (χ4n) is 4.33. The van der Waals surface area contributed by atoms with Gasteiger partial charge in [0.25, 0.3) is 5.91 Å². The third-order valence-corrected chi connectivity index (χ3v) is 9.67. The average Bonchev–Trinajstić information content (AvgIpc) is 3.48. The molecule has 1 amide bonds. The Labute approximate surface area is 188 Å². The van der Waals surface area contributed by atoms with Gasteiger partial charge in [-0.05, 0) is 39.3 Å². The van der Waals surface area contributed by atoms with Crippen LogP contribution >= 0.6 is 11.3 Å². The molecule has 10 heteroatoms. The lowest BCUT2D eigenvalue weighted by Crippen LogP contribution is -2.48. The van der Waals surface area contributed by atoms with E-state index in [9.17, 15) is 13.2 Å². The van der Waals surface area contributed by atoms with Gasteiger partial charge in [0.2, 0.25) is 10.0 Å². The monoisotopic (exact) mass is 465 g/mol. The van der Waals surface area contributed by atoms with Crippen LogP contribution in [0.1, 0.15) is 40.8 Å². The largest absolute Gasteiger partial charge is 0.345 e. The highest BCUT2D eigenvalue weighted by Crippen LogP contribution is 2.34. The third-order valence-electron chi connectivity index (χ3n) is 6.49. The number of nitrogens with zero attached hydrogens (tertiary/aromatic N) is 5. The number of amides is 1. The van der Waals surface area contributed by atoms with Gasteiger partial charge in [-0.3, -0.25) is 4.79 Å². The van der Waals surface area contributed by atoms with Gasteiger partial charge >= 0.3 is 0 Å². The SMILES string of the molecule is CCN1CCN(S(=O)(=O)c2cc(-c3nc(C)c(C(=O)N4CCCC4)s3)n(C)c2C)CC1. The molecule has 2 aliphatic rings. The Morgan fingerprint density at radius 2 is 1.74 bits per heavy atom. The van der Waals surface area contributed by atoms with E-state index in [1.54, 1.807) is 10.4 Å². The minimum atomic E-state index is -3.58. The summed E-state index contributed by atoms with van der Waals surface area (Å²) < 4.78 is 30.2. The van der Waals surface area contributed by atoms with Crippen LogP contribution in [-0.4, -0.2) is 83.8 Å². The number of aryl methyl sites for hydroxylation is 1. The van der Waals surface area contributed by atoms with Gasteiger partial charge in [-0.15, -0.1) is 11.3 Å². The summed E-state index contributed by atoms with van der Waals surface area (Å²) in [6.45, 7) is 10.8. The van der Waals surface area contributed by atoms with Crippen LogP contribution in [0.4, 0.5) is 0 Å². The van der Waals surface area contributed by atoms with Crippen LogP contribution in [0.5, 0.6) is 0 Å². The van der Waals surface area contributed by atoms with Gasteiger partial charge < -0.3 is 14.4 Å². The second-order valence-electron chi connectivity index (χ2n) is 8.31. The van der Waals surface area contributed by atoms with Crippen LogP contribution in [0.3, 0.4) is 0 Å². The number of hydrogen-bond acceptors (Lipinski definition) is 6. The molecule has 4 heterocycles. The maximum absolute atomic E-state index is 13.4. The van der Waals surface area contributed by atoms with E-state index in [1.807, 2.05) is 30.4 Å². The Bertz CT molecular complexity index is 1070. The Hall–Kier alpha value is -1.75. The number of hydrogen-bond donors (Lipinski definition) is 0. The van der Waals surface area contributed by atoms with E-state index in [4.69, 9.17) is 0 Å². The molecule has 31 heavy (non-hydrogen) atoms. The van der Waals surface area contributed by atoms with Crippen molar-refractivity contribution in [3.05, 3.63) is 22.3 Å². The van der Waals surface area contributed by atoms with Crippen LogP contribution in [-0.2, 0) is 17.1 Å². The molecule has 2 saturated heterocycles. The summed E-state index contributed by atoms with van der Waals surface area (Å²) in [5, 5.41) is 0.683. The third kappa shape index (κ3) is 4.06. The lowest BCUT2D eigenvalue weighted by atomic mass is 10.3. The number of likely N-dealkylation sites (tertiary alicyclic amines) is 1. The van der Waals surface area contributed by atoms with E-state index in [0.29, 0.717) is 39.3 Å². The molecule has 2 aromatic rings. The minimum Gasteiger partial charge on any atom is -0.345 e. The molecule has 2 aromatic heterocycles. The summed E-state index contributed by atoms with van der Waals surface area (Å²) in [5.74, 6) is 0.0336. The van der Waals surface area contributed by atoms with E-state index in [-0.39, 0.29) is 5.91 Å². The molecule has 0 radical (unpaired) electrons. The molecule has 170 valence electrons. The number of thiazole rings is 1. The van der Waals surface area contributed by atoms with Crippen LogP contribution in [0, 0.1) is 13.8 Å². The number of sulfonamides is 1. The molecular weight excluding hydrogens is 434 g/mol.